The molecule has 1 aromatic carbocycles. The number of amides is 2. The molecule has 0 bridgehead atoms. The van der Waals surface area contributed by atoms with Crippen LogP contribution in [0, 0.1) is 17.3 Å². The third-order valence-electron chi connectivity index (χ3n) is 4.51. The maximum atomic E-state index is 12.3. The Bertz CT molecular complexity index is 826. The second-order valence-electron chi connectivity index (χ2n) is 6.62. The molecule has 2 unspecified atom stereocenters. The van der Waals surface area contributed by atoms with Crippen molar-refractivity contribution in [2.75, 3.05) is 10.6 Å². The lowest BCUT2D eigenvalue weighted by Crippen LogP contribution is -2.18. The van der Waals surface area contributed by atoms with E-state index >= 15 is 0 Å². The predicted molar refractivity (Wildman–Crippen MR) is 90.1 cm³/mol. The average molecular weight is 342 g/mol. The highest BCUT2D eigenvalue weighted by Gasteiger charge is 2.65. The number of carboxylic acid groups (broad SMARTS) is 1. The smallest absolute Gasteiger partial charge is 0.307 e. The highest BCUT2D eigenvalue weighted by Crippen LogP contribution is 2.58. The van der Waals surface area contributed by atoms with Gasteiger partial charge in [0.1, 0.15) is 0 Å². The van der Waals surface area contributed by atoms with Crippen LogP contribution in [0.1, 0.15) is 24.4 Å². The molecule has 7 heteroatoms. The summed E-state index contributed by atoms with van der Waals surface area (Å²) in [4.78, 5) is 35.5. The van der Waals surface area contributed by atoms with Crippen molar-refractivity contribution in [3.63, 3.8) is 0 Å². The maximum Gasteiger partial charge on any atom is 0.307 e. The summed E-state index contributed by atoms with van der Waals surface area (Å²) in [6.45, 7) is 3.52. The van der Waals surface area contributed by atoms with E-state index in [1.165, 1.54) is 6.26 Å². The van der Waals surface area contributed by atoms with Gasteiger partial charge in [0, 0.05) is 11.4 Å². The Kier molecular flexibility index (Phi) is 4.08. The Morgan fingerprint density at radius 1 is 1.04 bits per heavy atom. The molecule has 1 heterocycles. The van der Waals surface area contributed by atoms with Gasteiger partial charge >= 0.3 is 5.97 Å². The van der Waals surface area contributed by atoms with E-state index in [0.717, 1.165) is 0 Å². The van der Waals surface area contributed by atoms with Crippen LogP contribution in [0.15, 0.2) is 47.1 Å². The van der Waals surface area contributed by atoms with Gasteiger partial charge in [0.05, 0.1) is 18.1 Å². The number of furan rings is 1. The van der Waals surface area contributed by atoms with Gasteiger partial charge in [0.2, 0.25) is 5.91 Å². The number of aliphatic carboxylic acids is 1. The van der Waals surface area contributed by atoms with E-state index in [1.807, 2.05) is 0 Å². The van der Waals surface area contributed by atoms with Crippen LogP contribution in [0.5, 0.6) is 0 Å². The number of carbonyl (C=O) groups is 3. The van der Waals surface area contributed by atoms with Crippen molar-refractivity contribution >= 4 is 29.2 Å². The molecule has 1 fully saturated rings. The molecule has 3 rings (SSSR count). The Hall–Kier alpha value is -3.09. The maximum absolute atomic E-state index is 12.3. The molecular weight excluding hydrogens is 324 g/mol. The standard InChI is InChI=1S/C18H18N2O5/c1-18(2)13(14(18)17(23)24)16(22)20-11-6-3-5-10(9-11)19-15(21)12-7-4-8-25-12/h3-9,13-14H,1-2H3,(H,19,21)(H,20,22)(H,23,24). The van der Waals surface area contributed by atoms with E-state index in [-0.39, 0.29) is 11.7 Å². The number of anilines is 2. The lowest BCUT2D eigenvalue weighted by molar-refractivity contribution is -0.140. The molecule has 0 radical (unpaired) electrons. The van der Waals surface area contributed by atoms with Crippen LogP contribution in [0.3, 0.4) is 0 Å². The van der Waals surface area contributed by atoms with E-state index in [9.17, 15) is 19.5 Å². The zero-order valence-electron chi connectivity index (χ0n) is 13.8. The summed E-state index contributed by atoms with van der Waals surface area (Å²) < 4.78 is 5.02. The summed E-state index contributed by atoms with van der Waals surface area (Å²) in [5, 5.41) is 14.6. The van der Waals surface area contributed by atoms with Gasteiger partial charge in [-0.15, -0.1) is 0 Å². The summed E-state index contributed by atoms with van der Waals surface area (Å²) in [5.41, 5.74) is 0.402. The van der Waals surface area contributed by atoms with E-state index < -0.39 is 29.1 Å². The summed E-state index contributed by atoms with van der Waals surface area (Å²) >= 11 is 0. The summed E-state index contributed by atoms with van der Waals surface area (Å²) in [6, 6.07) is 9.79. The lowest BCUT2D eigenvalue weighted by atomic mass is 10.1. The summed E-state index contributed by atoms with van der Waals surface area (Å²) in [7, 11) is 0. The van der Waals surface area contributed by atoms with E-state index in [4.69, 9.17) is 4.42 Å². The second kappa shape index (κ2) is 6.08. The Balaban J connectivity index is 1.67. The minimum Gasteiger partial charge on any atom is -0.481 e. The van der Waals surface area contributed by atoms with E-state index in [1.54, 1.807) is 50.2 Å². The Labute approximate surface area is 144 Å². The lowest BCUT2D eigenvalue weighted by Gasteiger charge is -2.09. The van der Waals surface area contributed by atoms with Crippen LogP contribution in [0.4, 0.5) is 11.4 Å². The van der Waals surface area contributed by atoms with Crippen LogP contribution in [-0.2, 0) is 9.59 Å². The molecule has 0 aliphatic heterocycles. The van der Waals surface area contributed by atoms with Crippen molar-refractivity contribution in [3.8, 4) is 0 Å². The topological polar surface area (TPSA) is 109 Å². The number of carboxylic acids is 1. The molecule has 1 saturated carbocycles. The fourth-order valence-electron chi connectivity index (χ4n) is 3.08. The highest BCUT2D eigenvalue weighted by atomic mass is 16.4. The van der Waals surface area contributed by atoms with Crippen LogP contribution in [-0.4, -0.2) is 22.9 Å². The van der Waals surface area contributed by atoms with Crippen molar-refractivity contribution in [2.24, 2.45) is 17.3 Å². The van der Waals surface area contributed by atoms with Crippen LogP contribution < -0.4 is 10.6 Å². The average Bonchev–Trinajstić information content (AvgIpc) is 2.88. The molecule has 130 valence electrons. The number of nitrogens with one attached hydrogen (secondary N) is 2. The molecule has 1 aliphatic rings. The van der Waals surface area contributed by atoms with Crippen LogP contribution >= 0.6 is 0 Å². The van der Waals surface area contributed by atoms with Gasteiger partial charge in [-0.2, -0.15) is 0 Å². The van der Waals surface area contributed by atoms with Gasteiger partial charge < -0.3 is 20.2 Å². The van der Waals surface area contributed by atoms with Crippen molar-refractivity contribution in [1.82, 2.24) is 0 Å². The predicted octanol–water partition coefficient (Wildman–Crippen LogP) is 2.83. The van der Waals surface area contributed by atoms with Gasteiger partial charge in [-0.1, -0.05) is 19.9 Å². The zero-order valence-corrected chi connectivity index (χ0v) is 13.8. The van der Waals surface area contributed by atoms with Gasteiger partial charge in [-0.05, 0) is 35.7 Å². The first kappa shape index (κ1) is 16.8. The molecule has 2 aromatic rings. The minimum absolute atomic E-state index is 0.179. The number of rotatable bonds is 5. The number of benzene rings is 1. The van der Waals surface area contributed by atoms with Crippen molar-refractivity contribution < 1.29 is 23.9 Å². The fourth-order valence-corrected chi connectivity index (χ4v) is 3.08. The highest BCUT2D eigenvalue weighted by molar-refractivity contribution is 6.03. The largest absolute Gasteiger partial charge is 0.481 e. The quantitative estimate of drug-likeness (QED) is 0.774. The molecule has 1 aromatic heterocycles. The zero-order chi connectivity index (χ0) is 18.2. The molecule has 1 aliphatic carbocycles. The monoisotopic (exact) mass is 342 g/mol. The fraction of sp³-hybridized carbons (Fsp3) is 0.278. The first-order valence-electron chi connectivity index (χ1n) is 7.79. The van der Waals surface area contributed by atoms with E-state index in [0.29, 0.717) is 11.4 Å². The summed E-state index contributed by atoms with van der Waals surface area (Å²) in [6.07, 6.45) is 1.40. The van der Waals surface area contributed by atoms with Gasteiger partial charge in [-0.25, -0.2) is 0 Å². The third-order valence-corrected chi connectivity index (χ3v) is 4.51. The van der Waals surface area contributed by atoms with Crippen LogP contribution in [0.2, 0.25) is 0 Å². The van der Waals surface area contributed by atoms with E-state index in [2.05, 4.69) is 10.6 Å². The number of carbonyl (C=O) groups excluding carboxylic acids is 2. The van der Waals surface area contributed by atoms with Gasteiger partial charge in [0.25, 0.3) is 5.91 Å². The SMILES string of the molecule is CC1(C)C(C(=O)O)C1C(=O)Nc1cccc(NC(=O)c2ccco2)c1. The molecule has 25 heavy (non-hydrogen) atoms. The normalized spacial score (nSPS) is 20.6. The van der Waals surface area contributed by atoms with Crippen molar-refractivity contribution in [2.45, 2.75) is 13.8 Å². The third kappa shape index (κ3) is 3.26. The van der Waals surface area contributed by atoms with Gasteiger partial charge in [0.15, 0.2) is 5.76 Å². The Morgan fingerprint density at radius 3 is 2.28 bits per heavy atom. The number of hydrogen-bond donors (Lipinski definition) is 3. The van der Waals surface area contributed by atoms with Crippen molar-refractivity contribution in [3.05, 3.63) is 48.4 Å². The van der Waals surface area contributed by atoms with Gasteiger partial charge in [-0.3, -0.25) is 14.4 Å². The molecular formula is C18H18N2O5. The minimum atomic E-state index is -0.968. The molecule has 7 nitrogen and oxygen atoms in total. The molecule has 3 N–H and O–H groups in total. The molecule has 2 atom stereocenters. The first-order valence-corrected chi connectivity index (χ1v) is 7.79. The Morgan fingerprint density at radius 2 is 1.72 bits per heavy atom. The van der Waals surface area contributed by atoms with Crippen LogP contribution in [0.25, 0.3) is 0 Å². The van der Waals surface area contributed by atoms with Crippen molar-refractivity contribution in [1.29, 1.82) is 0 Å². The summed E-state index contributed by atoms with van der Waals surface area (Å²) in [5.74, 6) is -2.79. The molecule has 2 amide bonds. The second-order valence-corrected chi connectivity index (χ2v) is 6.62. The number of hydrogen-bond acceptors (Lipinski definition) is 4. The molecule has 0 saturated heterocycles. The first-order chi connectivity index (χ1) is 11.8. The molecule has 0 spiro atoms.